The van der Waals surface area contributed by atoms with Crippen LogP contribution in [-0.2, 0) is 20.9 Å². The predicted molar refractivity (Wildman–Crippen MR) is 156 cm³/mol. The van der Waals surface area contributed by atoms with Gasteiger partial charge in [-0.25, -0.2) is 0 Å². The first kappa shape index (κ1) is 28.5. The average Bonchev–Trinajstić information content (AvgIpc) is 3.61. The molecule has 2 aromatic rings. The average molecular weight is 566 g/mol. The zero-order valence-electron chi connectivity index (χ0n) is 23.3. The second kappa shape index (κ2) is 11.8. The number of amides is 3. The Hall–Kier alpha value is -3.04. The molecule has 3 aliphatic rings. The van der Waals surface area contributed by atoms with Crippen LogP contribution in [0.3, 0.4) is 0 Å². The number of anilines is 1. The van der Waals surface area contributed by atoms with Crippen LogP contribution in [0, 0.1) is 17.8 Å². The molecule has 5 rings (SSSR count). The van der Waals surface area contributed by atoms with E-state index in [9.17, 15) is 19.5 Å². The van der Waals surface area contributed by atoms with Gasteiger partial charge in [-0.3, -0.25) is 14.4 Å². The molecular weight excluding hydrogens is 526 g/mol. The predicted octanol–water partition coefficient (Wildman–Crippen LogP) is 3.84. The van der Waals surface area contributed by atoms with E-state index in [2.05, 4.69) is 10.6 Å². The zero-order valence-corrected chi connectivity index (χ0v) is 24.2. The van der Waals surface area contributed by atoms with Crippen molar-refractivity contribution in [3.8, 4) is 5.75 Å². The van der Waals surface area contributed by atoms with Gasteiger partial charge in [-0.1, -0.05) is 50.6 Å². The largest absolute Gasteiger partial charge is 0.494 e. The van der Waals surface area contributed by atoms with Crippen molar-refractivity contribution in [3.05, 3.63) is 60.2 Å². The van der Waals surface area contributed by atoms with Crippen molar-refractivity contribution in [1.82, 2.24) is 10.2 Å². The second-order valence-electron chi connectivity index (χ2n) is 11.1. The summed E-state index contributed by atoms with van der Waals surface area (Å²) in [6.45, 7) is 6.61. The van der Waals surface area contributed by atoms with Gasteiger partial charge in [-0.05, 0) is 55.5 Å². The molecule has 7 atom stereocenters. The Morgan fingerprint density at radius 2 is 1.85 bits per heavy atom. The van der Waals surface area contributed by atoms with Crippen LogP contribution in [0.1, 0.15) is 45.6 Å². The van der Waals surface area contributed by atoms with Crippen molar-refractivity contribution < 1.29 is 24.2 Å². The molecule has 214 valence electrons. The molecule has 3 N–H and O–H groups in total. The Balaban J connectivity index is 1.44. The molecule has 40 heavy (non-hydrogen) atoms. The fourth-order valence-electron chi connectivity index (χ4n) is 6.77. The molecule has 2 aromatic carbocycles. The van der Waals surface area contributed by atoms with Gasteiger partial charge in [0.1, 0.15) is 11.8 Å². The number of rotatable bonds is 11. The summed E-state index contributed by atoms with van der Waals surface area (Å²) in [5, 5.41) is 16.5. The molecule has 2 bridgehead atoms. The normalized spacial score (nSPS) is 28.2. The van der Waals surface area contributed by atoms with Crippen LogP contribution in [0.15, 0.2) is 54.6 Å². The summed E-state index contributed by atoms with van der Waals surface area (Å²) >= 11 is 1.63. The van der Waals surface area contributed by atoms with Crippen molar-refractivity contribution >= 4 is 35.2 Å². The number of ether oxygens (including phenoxy) is 1. The van der Waals surface area contributed by atoms with E-state index in [-0.39, 0.29) is 35.5 Å². The Kier molecular flexibility index (Phi) is 8.42. The maximum absolute atomic E-state index is 14.3. The topological polar surface area (TPSA) is 108 Å². The number of carbonyl (C=O) groups is 3. The number of benzene rings is 2. The number of likely N-dealkylation sites (tertiary alicyclic amines) is 1. The maximum Gasteiger partial charge on any atom is 0.244 e. The Morgan fingerprint density at radius 1 is 1.12 bits per heavy atom. The van der Waals surface area contributed by atoms with Gasteiger partial charge >= 0.3 is 0 Å². The van der Waals surface area contributed by atoms with Gasteiger partial charge in [0.25, 0.3) is 0 Å². The lowest BCUT2D eigenvalue weighted by Gasteiger charge is -2.39. The number of aliphatic hydroxyl groups excluding tert-OH is 1. The molecule has 3 fully saturated rings. The number of nitrogens with one attached hydrogen (secondary N) is 2. The number of fused-ring (bicyclic) bond motifs is 1. The summed E-state index contributed by atoms with van der Waals surface area (Å²) in [6.07, 6.45) is 2.20. The van der Waals surface area contributed by atoms with Gasteiger partial charge in [0.05, 0.1) is 35.8 Å². The molecule has 3 heterocycles. The van der Waals surface area contributed by atoms with Crippen molar-refractivity contribution in [3.63, 3.8) is 0 Å². The molecule has 3 aliphatic heterocycles. The number of thioether (sulfide) groups is 1. The molecule has 3 amide bonds. The number of carbonyl (C=O) groups excluding carboxylic acids is 3. The van der Waals surface area contributed by atoms with E-state index < -0.39 is 28.7 Å². The highest BCUT2D eigenvalue weighted by molar-refractivity contribution is 8.02. The van der Waals surface area contributed by atoms with E-state index in [1.165, 1.54) is 0 Å². The fourth-order valence-corrected chi connectivity index (χ4v) is 8.98. The number of hydrogen-bond acceptors (Lipinski definition) is 6. The smallest absolute Gasteiger partial charge is 0.244 e. The standard InChI is InChI=1S/C31H39N3O5S/c1-4-19(3)23(18-35)34-27(29(37)32-17-20-9-7-6-8-10-20)31-16-15-24(40-31)25(26(31)30(34)38)28(36)33-21-11-13-22(14-12-21)39-5-2/h6-14,19,23-27,35H,4-5,15-18H2,1-3H3,(H,32,37)(H,33,36)/t19-,23-,24-,25+,26-,27?,31?/m0/s1. The quantitative estimate of drug-likeness (QED) is 0.382. The van der Waals surface area contributed by atoms with Crippen molar-refractivity contribution in [2.75, 3.05) is 18.5 Å². The minimum atomic E-state index is -0.752. The molecule has 9 heteroatoms. The first-order chi connectivity index (χ1) is 19.3. The van der Waals surface area contributed by atoms with E-state index in [1.54, 1.807) is 28.8 Å². The molecule has 0 radical (unpaired) electrons. The molecule has 1 spiro atoms. The van der Waals surface area contributed by atoms with E-state index in [4.69, 9.17) is 4.74 Å². The van der Waals surface area contributed by atoms with Crippen molar-refractivity contribution in [2.45, 2.75) is 68.7 Å². The lowest BCUT2D eigenvalue weighted by molar-refractivity contribution is -0.143. The van der Waals surface area contributed by atoms with Crippen LogP contribution in [0.5, 0.6) is 5.75 Å². The van der Waals surface area contributed by atoms with E-state index in [1.807, 2.05) is 63.2 Å². The number of hydrogen-bond donors (Lipinski definition) is 3. The van der Waals surface area contributed by atoms with Gasteiger partial charge in [-0.2, -0.15) is 0 Å². The molecule has 0 saturated carbocycles. The molecule has 8 nitrogen and oxygen atoms in total. The first-order valence-corrected chi connectivity index (χ1v) is 15.2. The van der Waals surface area contributed by atoms with E-state index >= 15 is 0 Å². The van der Waals surface area contributed by atoms with Crippen LogP contribution in [0.2, 0.25) is 0 Å². The van der Waals surface area contributed by atoms with Crippen LogP contribution in [0.4, 0.5) is 5.69 Å². The molecule has 0 aromatic heterocycles. The number of aliphatic hydroxyl groups is 1. The minimum Gasteiger partial charge on any atom is -0.494 e. The lowest BCUT2D eigenvalue weighted by Crippen LogP contribution is -2.57. The summed E-state index contributed by atoms with van der Waals surface area (Å²) in [6, 6.07) is 15.6. The number of nitrogens with zero attached hydrogens (tertiary/aromatic N) is 1. The SMILES string of the molecule is CCOc1ccc(NC(=O)[C@@H]2[C@@H]3CCC4(S3)C(C(=O)NCc3ccccc3)N([C@@H](CO)[C@@H](C)CC)C(=O)[C@H]24)cc1. The van der Waals surface area contributed by atoms with Crippen molar-refractivity contribution in [2.24, 2.45) is 17.8 Å². The molecule has 0 aliphatic carbocycles. The summed E-state index contributed by atoms with van der Waals surface area (Å²) < 4.78 is 4.80. The van der Waals surface area contributed by atoms with E-state index in [0.29, 0.717) is 25.3 Å². The summed E-state index contributed by atoms with van der Waals surface area (Å²) in [4.78, 5) is 43.7. The highest BCUT2D eigenvalue weighted by Gasteiger charge is 2.74. The van der Waals surface area contributed by atoms with Gasteiger partial charge in [-0.15, -0.1) is 11.8 Å². The summed E-state index contributed by atoms with van der Waals surface area (Å²) in [5.74, 6) is -1.07. The van der Waals surface area contributed by atoms with Gasteiger partial charge in [0.2, 0.25) is 17.7 Å². The zero-order chi connectivity index (χ0) is 28.4. The molecular formula is C31H39N3O5S. The van der Waals surface area contributed by atoms with Gasteiger partial charge in [0, 0.05) is 17.5 Å². The highest BCUT2D eigenvalue weighted by Crippen LogP contribution is 2.66. The van der Waals surface area contributed by atoms with Crippen LogP contribution in [0.25, 0.3) is 0 Å². The Bertz CT molecular complexity index is 1230. The molecule has 3 saturated heterocycles. The Morgan fingerprint density at radius 3 is 2.50 bits per heavy atom. The van der Waals surface area contributed by atoms with E-state index in [0.717, 1.165) is 24.2 Å². The first-order valence-electron chi connectivity index (χ1n) is 14.3. The van der Waals surface area contributed by atoms with Crippen molar-refractivity contribution in [1.29, 1.82) is 0 Å². The highest BCUT2D eigenvalue weighted by atomic mass is 32.2. The minimum absolute atomic E-state index is 0.00747. The van der Waals surface area contributed by atoms with Crippen LogP contribution < -0.4 is 15.4 Å². The molecule has 2 unspecified atom stereocenters. The third-order valence-corrected chi connectivity index (χ3v) is 10.8. The second-order valence-corrected chi connectivity index (χ2v) is 12.7. The summed E-state index contributed by atoms with van der Waals surface area (Å²) in [5.41, 5.74) is 1.61. The maximum atomic E-state index is 14.3. The van der Waals surface area contributed by atoms with Gasteiger partial charge in [0.15, 0.2) is 0 Å². The van der Waals surface area contributed by atoms with Gasteiger partial charge < -0.3 is 25.4 Å². The third-order valence-electron chi connectivity index (χ3n) is 8.88. The fraction of sp³-hybridized carbons (Fsp3) is 0.516. The lowest BCUT2D eigenvalue weighted by atomic mass is 9.70. The monoisotopic (exact) mass is 565 g/mol. The van der Waals surface area contributed by atoms with Crippen LogP contribution in [-0.4, -0.2) is 63.0 Å². The Labute approximate surface area is 240 Å². The third kappa shape index (κ3) is 4.98. The van der Waals surface area contributed by atoms with Crippen LogP contribution >= 0.6 is 11.8 Å². The summed E-state index contributed by atoms with van der Waals surface area (Å²) in [7, 11) is 0.